The van der Waals surface area contributed by atoms with E-state index < -0.39 is 11.9 Å². The molecule has 0 amide bonds. The van der Waals surface area contributed by atoms with Crippen LogP contribution in [0.3, 0.4) is 0 Å². The molecule has 2 rings (SSSR count). The Morgan fingerprint density at radius 1 is 1.21 bits per heavy atom. The Kier molecular flexibility index (Phi) is 7.48. The third kappa shape index (κ3) is 5.27. The summed E-state index contributed by atoms with van der Waals surface area (Å²) in [5.74, 6) is -0.650. The molecule has 0 aliphatic heterocycles. The Morgan fingerprint density at radius 2 is 1.86 bits per heavy atom. The van der Waals surface area contributed by atoms with Gasteiger partial charge < -0.3 is 14.2 Å². The van der Waals surface area contributed by atoms with Crippen molar-refractivity contribution in [1.82, 2.24) is 9.78 Å². The van der Waals surface area contributed by atoms with E-state index in [9.17, 15) is 9.59 Å². The molecule has 0 bridgehead atoms. The van der Waals surface area contributed by atoms with Crippen molar-refractivity contribution in [3.63, 3.8) is 0 Å². The smallest absolute Gasteiger partial charge is 0.359 e. The molecule has 0 radical (unpaired) electrons. The van der Waals surface area contributed by atoms with E-state index in [1.165, 1.54) is 23.9 Å². The topological polar surface area (TPSA) is 79.6 Å². The molecule has 1 aromatic carbocycles. The Bertz CT molecular complexity index is 886. The molecule has 150 valence electrons. The first-order valence-corrected chi connectivity index (χ1v) is 9.22. The molecular formula is C19H20Cl2N2O5. The third-order valence-corrected chi connectivity index (χ3v) is 3.93. The minimum atomic E-state index is -0.639. The van der Waals surface area contributed by atoms with E-state index in [1.54, 1.807) is 25.1 Å². The number of carbonyl (C=O) groups excluding carboxylic acids is 2. The fourth-order valence-corrected chi connectivity index (χ4v) is 2.81. The number of hydrogen-bond donors (Lipinski definition) is 0. The van der Waals surface area contributed by atoms with E-state index >= 15 is 0 Å². The first kappa shape index (κ1) is 21.8. The van der Waals surface area contributed by atoms with Gasteiger partial charge in [-0.25, -0.2) is 14.3 Å². The number of hydrogen-bond acceptors (Lipinski definition) is 6. The fourth-order valence-electron chi connectivity index (χ4n) is 2.30. The Labute approximate surface area is 172 Å². The number of esters is 2. The molecule has 0 aliphatic carbocycles. The second-order valence-corrected chi connectivity index (χ2v) is 6.76. The minimum Gasteiger partial charge on any atom is -0.466 e. The molecular weight excluding hydrogens is 407 g/mol. The van der Waals surface area contributed by atoms with E-state index in [1.807, 2.05) is 13.8 Å². The highest BCUT2D eigenvalue weighted by Crippen LogP contribution is 2.34. The quantitative estimate of drug-likeness (QED) is 0.461. The zero-order valence-corrected chi connectivity index (χ0v) is 17.4. The summed E-state index contributed by atoms with van der Waals surface area (Å²) >= 11 is 12.1. The molecule has 2 aromatic rings. The maximum atomic E-state index is 12.4. The van der Waals surface area contributed by atoms with Crippen LogP contribution in [0.2, 0.25) is 10.0 Å². The Balaban J connectivity index is 2.63. The molecule has 1 heterocycles. The molecule has 0 saturated carbocycles. The minimum absolute atomic E-state index is 0.0128. The molecule has 0 atom stereocenters. The van der Waals surface area contributed by atoms with Crippen LogP contribution >= 0.6 is 23.2 Å². The molecule has 0 spiro atoms. The SMILES string of the molecule is CCOC(=O)c1nn(C(C)C)c(Oc2cc(Cl)cc(Cl)c2)c1C=CC(=O)OC. The fraction of sp³-hybridized carbons (Fsp3) is 0.316. The van der Waals surface area contributed by atoms with E-state index in [0.29, 0.717) is 15.8 Å². The van der Waals surface area contributed by atoms with Gasteiger partial charge in [-0.15, -0.1) is 0 Å². The van der Waals surface area contributed by atoms with Crippen LogP contribution in [-0.4, -0.2) is 35.4 Å². The van der Waals surface area contributed by atoms with Gasteiger partial charge in [0.2, 0.25) is 5.88 Å². The van der Waals surface area contributed by atoms with Crippen LogP contribution in [0.4, 0.5) is 0 Å². The average Bonchev–Trinajstić information content (AvgIpc) is 2.97. The number of methoxy groups -OCH3 is 1. The normalized spacial score (nSPS) is 11.1. The van der Waals surface area contributed by atoms with Crippen LogP contribution in [0.1, 0.15) is 42.9 Å². The lowest BCUT2D eigenvalue weighted by Crippen LogP contribution is -2.09. The monoisotopic (exact) mass is 426 g/mol. The van der Waals surface area contributed by atoms with Crippen LogP contribution < -0.4 is 4.74 Å². The zero-order chi connectivity index (χ0) is 20.8. The zero-order valence-electron chi connectivity index (χ0n) is 15.9. The Morgan fingerprint density at radius 3 is 2.39 bits per heavy atom. The largest absolute Gasteiger partial charge is 0.466 e. The number of halogens is 2. The molecule has 0 N–H and O–H groups in total. The highest BCUT2D eigenvalue weighted by atomic mass is 35.5. The highest BCUT2D eigenvalue weighted by Gasteiger charge is 2.26. The summed E-state index contributed by atoms with van der Waals surface area (Å²) in [6.45, 7) is 5.60. The Hall–Kier alpha value is -2.51. The van der Waals surface area contributed by atoms with Crippen molar-refractivity contribution in [3.8, 4) is 11.6 Å². The summed E-state index contributed by atoms with van der Waals surface area (Å²) in [6.07, 6.45) is 2.56. The van der Waals surface area contributed by atoms with Gasteiger partial charge in [0, 0.05) is 16.1 Å². The molecule has 28 heavy (non-hydrogen) atoms. The second-order valence-electron chi connectivity index (χ2n) is 5.89. The summed E-state index contributed by atoms with van der Waals surface area (Å²) in [7, 11) is 1.25. The first-order chi connectivity index (χ1) is 13.3. The third-order valence-electron chi connectivity index (χ3n) is 3.50. The maximum absolute atomic E-state index is 12.4. The molecule has 7 nitrogen and oxygen atoms in total. The lowest BCUT2D eigenvalue weighted by atomic mass is 10.2. The van der Waals surface area contributed by atoms with Gasteiger partial charge in [0.25, 0.3) is 0 Å². The molecule has 0 saturated heterocycles. The molecule has 1 aromatic heterocycles. The number of nitrogens with zero attached hydrogens (tertiary/aromatic N) is 2. The first-order valence-electron chi connectivity index (χ1n) is 8.46. The average molecular weight is 427 g/mol. The van der Waals surface area contributed by atoms with Gasteiger partial charge >= 0.3 is 11.9 Å². The molecule has 0 fully saturated rings. The number of benzene rings is 1. The van der Waals surface area contributed by atoms with Gasteiger partial charge in [-0.1, -0.05) is 23.2 Å². The lowest BCUT2D eigenvalue weighted by Gasteiger charge is -2.13. The van der Waals surface area contributed by atoms with Crippen molar-refractivity contribution in [2.45, 2.75) is 26.8 Å². The van der Waals surface area contributed by atoms with Gasteiger partial charge in [0.15, 0.2) is 5.69 Å². The van der Waals surface area contributed by atoms with Crippen LogP contribution in [0, 0.1) is 0 Å². The number of aromatic nitrogens is 2. The lowest BCUT2D eigenvalue weighted by molar-refractivity contribution is -0.134. The predicted molar refractivity (Wildman–Crippen MR) is 106 cm³/mol. The summed E-state index contributed by atoms with van der Waals surface area (Å²) < 4.78 is 17.2. The van der Waals surface area contributed by atoms with E-state index in [0.717, 1.165) is 0 Å². The van der Waals surface area contributed by atoms with Crippen molar-refractivity contribution in [3.05, 3.63) is 45.6 Å². The highest BCUT2D eigenvalue weighted by molar-refractivity contribution is 6.34. The second kappa shape index (κ2) is 9.61. The van der Waals surface area contributed by atoms with Crippen molar-refractivity contribution in [2.24, 2.45) is 0 Å². The number of ether oxygens (including phenoxy) is 3. The maximum Gasteiger partial charge on any atom is 0.359 e. The molecule has 9 heteroatoms. The van der Waals surface area contributed by atoms with Crippen molar-refractivity contribution in [2.75, 3.05) is 13.7 Å². The summed E-state index contributed by atoms with van der Waals surface area (Å²) in [5.41, 5.74) is 0.285. The van der Waals surface area contributed by atoms with Crippen LogP contribution in [-0.2, 0) is 14.3 Å². The van der Waals surface area contributed by atoms with Crippen molar-refractivity contribution < 1.29 is 23.8 Å². The van der Waals surface area contributed by atoms with Crippen LogP contribution in [0.25, 0.3) is 6.08 Å². The summed E-state index contributed by atoms with van der Waals surface area (Å²) in [5, 5.41) is 5.09. The van der Waals surface area contributed by atoms with Crippen molar-refractivity contribution >= 4 is 41.2 Å². The molecule has 0 unspecified atom stereocenters. The van der Waals surface area contributed by atoms with Crippen molar-refractivity contribution in [1.29, 1.82) is 0 Å². The number of carbonyl (C=O) groups is 2. The molecule has 0 aliphatic rings. The number of rotatable bonds is 7. The van der Waals surface area contributed by atoms with E-state index in [4.69, 9.17) is 32.7 Å². The van der Waals surface area contributed by atoms with E-state index in [2.05, 4.69) is 9.84 Å². The van der Waals surface area contributed by atoms with E-state index in [-0.39, 0.29) is 29.8 Å². The van der Waals surface area contributed by atoms with Gasteiger partial charge in [0.1, 0.15) is 5.75 Å². The van der Waals surface area contributed by atoms with Gasteiger partial charge in [0.05, 0.1) is 25.3 Å². The van der Waals surface area contributed by atoms with Gasteiger partial charge in [-0.2, -0.15) is 5.10 Å². The van der Waals surface area contributed by atoms with Crippen LogP contribution in [0.5, 0.6) is 11.6 Å². The summed E-state index contributed by atoms with van der Waals surface area (Å²) in [6, 6.07) is 4.56. The van der Waals surface area contributed by atoms with Crippen LogP contribution in [0.15, 0.2) is 24.3 Å². The predicted octanol–water partition coefficient (Wildman–Crippen LogP) is 4.93. The summed E-state index contributed by atoms with van der Waals surface area (Å²) in [4.78, 5) is 23.9. The van der Waals surface area contributed by atoms with Gasteiger partial charge in [-0.05, 0) is 45.0 Å². The van der Waals surface area contributed by atoms with Gasteiger partial charge in [-0.3, -0.25) is 0 Å². The standard InChI is InChI=1S/C19H20Cl2N2O5/c1-5-27-19(25)17-15(6-7-16(24)26-4)18(23(22-17)11(2)3)28-14-9-12(20)8-13(21)10-14/h6-11H,5H2,1-4H3.